The lowest BCUT2D eigenvalue weighted by Crippen LogP contribution is -2.32. The number of nitrogens with two attached hydrogens (primary N) is 1. The molecule has 19 heavy (non-hydrogen) atoms. The molecule has 0 atom stereocenters. The van der Waals surface area contributed by atoms with Gasteiger partial charge in [0.2, 0.25) is 10.0 Å². The van der Waals surface area contributed by atoms with Crippen LogP contribution >= 0.6 is 23.2 Å². The largest absolute Gasteiger partial charge is 0.326 e. The van der Waals surface area contributed by atoms with Crippen LogP contribution in [0.1, 0.15) is 24.8 Å². The molecule has 1 aromatic carbocycles. The molecule has 0 heterocycles. The summed E-state index contributed by atoms with van der Waals surface area (Å²) in [5.74, 6) is 0.440. The van der Waals surface area contributed by atoms with Gasteiger partial charge in [-0.3, -0.25) is 0 Å². The molecular formula is C12H16Cl2N2O2S. The minimum absolute atomic E-state index is 0.0401. The van der Waals surface area contributed by atoms with Crippen LogP contribution in [0.25, 0.3) is 0 Å². The molecule has 106 valence electrons. The van der Waals surface area contributed by atoms with Crippen LogP contribution in [0, 0.1) is 5.92 Å². The van der Waals surface area contributed by atoms with Gasteiger partial charge in [-0.15, -0.1) is 0 Å². The Morgan fingerprint density at radius 1 is 1.32 bits per heavy atom. The average Bonchev–Trinajstić information content (AvgIpc) is 2.26. The number of benzene rings is 1. The summed E-state index contributed by atoms with van der Waals surface area (Å²) in [6, 6.07) is 2.92. The predicted molar refractivity (Wildman–Crippen MR) is 76.9 cm³/mol. The van der Waals surface area contributed by atoms with Crippen molar-refractivity contribution < 1.29 is 8.42 Å². The fourth-order valence-corrected chi connectivity index (χ4v) is 4.02. The third kappa shape index (κ3) is 3.23. The van der Waals surface area contributed by atoms with E-state index in [1.807, 2.05) is 0 Å². The molecular weight excluding hydrogens is 307 g/mol. The second-order valence-corrected chi connectivity index (χ2v) is 7.21. The first-order chi connectivity index (χ1) is 8.95. The van der Waals surface area contributed by atoms with E-state index in [1.165, 1.54) is 18.6 Å². The first-order valence-corrected chi connectivity index (χ1v) is 8.36. The Hall–Kier alpha value is -0.330. The SMILES string of the molecule is NCc1c(Cl)ccc(S(=O)(=O)NCC2CCC2)c1Cl. The van der Waals surface area contributed by atoms with Crippen molar-refractivity contribution in [2.45, 2.75) is 30.7 Å². The van der Waals surface area contributed by atoms with Gasteiger partial charge >= 0.3 is 0 Å². The Kier molecular flexibility index (Phi) is 4.74. The van der Waals surface area contributed by atoms with Crippen molar-refractivity contribution in [3.05, 3.63) is 27.7 Å². The zero-order chi connectivity index (χ0) is 14.0. The van der Waals surface area contributed by atoms with Gasteiger partial charge in [-0.2, -0.15) is 0 Å². The van der Waals surface area contributed by atoms with Crippen molar-refractivity contribution >= 4 is 33.2 Å². The van der Waals surface area contributed by atoms with Gasteiger partial charge in [-0.25, -0.2) is 13.1 Å². The fourth-order valence-electron chi connectivity index (χ4n) is 1.97. The lowest BCUT2D eigenvalue weighted by molar-refractivity contribution is 0.316. The number of hydrogen-bond acceptors (Lipinski definition) is 3. The van der Waals surface area contributed by atoms with Crippen LogP contribution in [0.4, 0.5) is 0 Å². The first kappa shape index (κ1) is 15.1. The van der Waals surface area contributed by atoms with E-state index < -0.39 is 10.0 Å². The van der Waals surface area contributed by atoms with E-state index in [0.717, 1.165) is 12.8 Å². The molecule has 1 aliphatic carbocycles. The van der Waals surface area contributed by atoms with Gasteiger partial charge in [0.1, 0.15) is 4.90 Å². The molecule has 0 bridgehead atoms. The molecule has 0 radical (unpaired) electrons. The molecule has 1 aliphatic rings. The summed E-state index contributed by atoms with van der Waals surface area (Å²) < 4.78 is 27.0. The van der Waals surface area contributed by atoms with Crippen LogP contribution in [0.3, 0.4) is 0 Å². The summed E-state index contributed by atoms with van der Waals surface area (Å²) in [4.78, 5) is 0.0401. The summed E-state index contributed by atoms with van der Waals surface area (Å²) in [5.41, 5.74) is 5.99. The normalized spacial score (nSPS) is 16.4. The van der Waals surface area contributed by atoms with Gasteiger partial charge in [0, 0.05) is 23.7 Å². The highest BCUT2D eigenvalue weighted by atomic mass is 35.5. The molecule has 0 aromatic heterocycles. The summed E-state index contributed by atoms with van der Waals surface area (Å²) in [7, 11) is -3.61. The van der Waals surface area contributed by atoms with E-state index in [0.29, 0.717) is 23.0 Å². The topological polar surface area (TPSA) is 72.2 Å². The van der Waals surface area contributed by atoms with Crippen LogP contribution in [0.5, 0.6) is 0 Å². The minimum atomic E-state index is -3.61. The lowest BCUT2D eigenvalue weighted by Gasteiger charge is -2.25. The highest BCUT2D eigenvalue weighted by Crippen LogP contribution is 2.31. The van der Waals surface area contributed by atoms with Crippen LogP contribution < -0.4 is 10.5 Å². The summed E-state index contributed by atoms with van der Waals surface area (Å²) in [6.45, 7) is 0.558. The van der Waals surface area contributed by atoms with E-state index in [1.54, 1.807) is 0 Å². The van der Waals surface area contributed by atoms with E-state index in [4.69, 9.17) is 28.9 Å². The Balaban J connectivity index is 2.24. The molecule has 4 nitrogen and oxygen atoms in total. The monoisotopic (exact) mass is 322 g/mol. The number of sulfonamides is 1. The molecule has 7 heteroatoms. The molecule has 1 saturated carbocycles. The number of nitrogens with one attached hydrogen (secondary N) is 1. The third-order valence-electron chi connectivity index (χ3n) is 3.43. The van der Waals surface area contributed by atoms with Gasteiger partial charge in [0.25, 0.3) is 0 Å². The first-order valence-electron chi connectivity index (χ1n) is 6.12. The predicted octanol–water partition coefficient (Wildman–Crippen LogP) is 2.53. The van der Waals surface area contributed by atoms with E-state index in [9.17, 15) is 8.42 Å². The smallest absolute Gasteiger partial charge is 0.242 e. The lowest BCUT2D eigenvalue weighted by atomic mass is 9.86. The maximum absolute atomic E-state index is 12.2. The van der Waals surface area contributed by atoms with Gasteiger partial charge in [0.05, 0.1) is 5.02 Å². The van der Waals surface area contributed by atoms with Crippen LogP contribution in [-0.4, -0.2) is 15.0 Å². The average molecular weight is 323 g/mol. The number of rotatable bonds is 5. The second-order valence-electron chi connectivity index (χ2n) is 4.69. The second kappa shape index (κ2) is 5.97. The summed E-state index contributed by atoms with van der Waals surface area (Å²) in [6.07, 6.45) is 3.32. The maximum atomic E-state index is 12.2. The van der Waals surface area contributed by atoms with E-state index in [2.05, 4.69) is 4.72 Å². The summed E-state index contributed by atoms with van der Waals surface area (Å²) >= 11 is 12.0. The zero-order valence-corrected chi connectivity index (χ0v) is 12.7. The molecule has 1 aromatic rings. The fraction of sp³-hybridized carbons (Fsp3) is 0.500. The molecule has 0 unspecified atom stereocenters. The van der Waals surface area contributed by atoms with Crippen LogP contribution in [0.15, 0.2) is 17.0 Å². The molecule has 0 spiro atoms. The standard InChI is InChI=1S/C12H16Cl2N2O2S/c13-10-4-5-11(12(14)9(10)6-15)19(17,18)16-7-8-2-1-3-8/h4-5,8,16H,1-3,6-7,15H2. The van der Waals surface area contributed by atoms with Gasteiger partial charge in [0.15, 0.2) is 0 Å². The summed E-state index contributed by atoms with van der Waals surface area (Å²) in [5, 5.41) is 0.488. The zero-order valence-electron chi connectivity index (χ0n) is 10.3. The van der Waals surface area contributed by atoms with Crippen molar-refractivity contribution in [1.82, 2.24) is 4.72 Å². The van der Waals surface area contributed by atoms with Crippen molar-refractivity contribution in [3.8, 4) is 0 Å². The van der Waals surface area contributed by atoms with Crippen molar-refractivity contribution in [2.24, 2.45) is 11.7 Å². The van der Waals surface area contributed by atoms with E-state index >= 15 is 0 Å². The molecule has 0 amide bonds. The van der Waals surface area contributed by atoms with Gasteiger partial charge < -0.3 is 5.73 Å². The van der Waals surface area contributed by atoms with Crippen molar-refractivity contribution in [2.75, 3.05) is 6.54 Å². The van der Waals surface area contributed by atoms with Crippen LogP contribution in [0.2, 0.25) is 10.0 Å². The van der Waals surface area contributed by atoms with Crippen molar-refractivity contribution in [1.29, 1.82) is 0 Å². The molecule has 3 N–H and O–H groups in total. The Morgan fingerprint density at radius 2 is 2.00 bits per heavy atom. The molecule has 1 fully saturated rings. The minimum Gasteiger partial charge on any atom is -0.326 e. The maximum Gasteiger partial charge on any atom is 0.242 e. The quantitative estimate of drug-likeness (QED) is 0.874. The molecule has 2 rings (SSSR count). The van der Waals surface area contributed by atoms with Crippen LogP contribution in [-0.2, 0) is 16.6 Å². The van der Waals surface area contributed by atoms with Crippen molar-refractivity contribution in [3.63, 3.8) is 0 Å². The third-order valence-corrected chi connectivity index (χ3v) is 5.79. The molecule has 0 aliphatic heterocycles. The highest BCUT2D eigenvalue weighted by molar-refractivity contribution is 7.89. The van der Waals surface area contributed by atoms with Gasteiger partial charge in [-0.05, 0) is 30.9 Å². The Morgan fingerprint density at radius 3 is 2.53 bits per heavy atom. The highest BCUT2D eigenvalue weighted by Gasteiger charge is 2.24. The Bertz CT molecular complexity index is 571. The number of hydrogen-bond donors (Lipinski definition) is 2. The van der Waals surface area contributed by atoms with Gasteiger partial charge in [-0.1, -0.05) is 29.6 Å². The van der Waals surface area contributed by atoms with E-state index in [-0.39, 0.29) is 16.5 Å². The Labute approximate surface area is 123 Å². The number of halogens is 2. The molecule has 0 saturated heterocycles.